The lowest BCUT2D eigenvalue weighted by Gasteiger charge is -2.16. The molecule has 0 radical (unpaired) electrons. The summed E-state index contributed by atoms with van der Waals surface area (Å²) in [5.41, 5.74) is 0. The number of rotatable bonds is 5. The summed E-state index contributed by atoms with van der Waals surface area (Å²) in [5, 5.41) is 8.37. The zero-order chi connectivity index (χ0) is 14.4. The molecule has 0 saturated carbocycles. The van der Waals surface area contributed by atoms with Crippen LogP contribution in [0.5, 0.6) is 0 Å². The summed E-state index contributed by atoms with van der Waals surface area (Å²) in [4.78, 5) is 5.35. The third-order valence-electron chi connectivity index (χ3n) is 3.09. The summed E-state index contributed by atoms with van der Waals surface area (Å²) in [6, 6.07) is 4.07. The lowest BCUT2D eigenvalue weighted by molar-refractivity contribution is 0.445. The molecule has 0 atom stereocenters. The van der Waals surface area contributed by atoms with Crippen molar-refractivity contribution in [3.63, 3.8) is 0 Å². The molecule has 9 heteroatoms. The second-order valence-corrected chi connectivity index (χ2v) is 7.62. The van der Waals surface area contributed by atoms with Crippen LogP contribution < -0.4 is 10.6 Å². The van der Waals surface area contributed by atoms with Gasteiger partial charge in [0.05, 0.1) is 12.3 Å². The summed E-state index contributed by atoms with van der Waals surface area (Å²) >= 11 is 1.69. The van der Waals surface area contributed by atoms with E-state index >= 15 is 0 Å². The fraction of sp³-hybridized carbons (Fsp3) is 0.583. The molecule has 0 unspecified atom stereocenters. The van der Waals surface area contributed by atoms with E-state index in [0.717, 1.165) is 13.0 Å². The van der Waals surface area contributed by atoms with E-state index in [1.165, 1.54) is 9.18 Å². The van der Waals surface area contributed by atoms with E-state index in [1.54, 1.807) is 18.4 Å². The Labute approximate surface area is 147 Å². The van der Waals surface area contributed by atoms with Crippen LogP contribution in [0.15, 0.2) is 22.5 Å². The standard InChI is InChI=1S/C12H20N4O2S2.HI/c1-13-12(15-10-11-4-2-8-19-11)14-5-7-16-6-3-9-20(16,17)18;/h2,4,8H,3,5-7,9-10H2,1H3,(H2,13,14,15);1H. The van der Waals surface area contributed by atoms with Crippen molar-refractivity contribution in [2.24, 2.45) is 4.99 Å². The summed E-state index contributed by atoms with van der Waals surface area (Å²) in [7, 11) is -1.30. The van der Waals surface area contributed by atoms with Gasteiger partial charge in [0.2, 0.25) is 10.0 Å². The summed E-state index contributed by atoms with van der Waals surface area (Å²) < 4.78 is 24.8. The van der Waals surface area contributed by atoms with Crippen LogP contribution in [0.2, 0.25) is 0 Å². The molecule has 1 aromatic rings. The van der Waals surface area contributed by atoms with Gasteiger partial charge in [0.1, 0.15) is 0 Å². The summed E-state index contributed by atoms with van der Waals surface area (Å²) in [6.45, 7) is 2.40. The zero-order valence-electron chi connectivity index (χ0n) is 11.9. The molecular formula is C12H21IN4O2S2. The van der Waals surface area contributed by atoms with E-state index in [1.807, 2.05) is 11.4 Å². The minimum absolute atomic E-state index is 0. The Morgan fingerprint density at radius 2 is 2.29 bits per heavy atom. The van der Waals surface area contributed by atoms with E-state index in [0.29, 0.717) is 25.6 Å². The number of thiophene rings is 1. The molecule has 0 aromatic carbocycles. The average molecular weight is 444 g/mol. The largest absolute Gasteiger partial charge is 0.355 e. The number of aliphatic imine (C=N–C) groups is 1. The lowest BCUT2D eigenvalue weighted by Crippen LogP contribution is -2.41. The molecule has 2 heterocycles. The van der Waals surface area contributed by atoms with Gasteiger partial charge < -0.3 is 10.6 Å². The van der Waals surface area contributed by atoms with E-state index in [9.17, 15) is 8.42 Å². The maximum Gasteiger partial charge on any atom is 0.214 e. The van der Waals surface area contributed by atoms with Gasteiger partial charge in [-0.1, -0.05) is 6.07 Å². The third-order valence-corrected chi connectivity index (χ3v) is 5.92. The Morgan fingerprint density at radius 1 is 1.48 bits per heavy atom. The van der Waals surface area contributed by atoms with Crippen LogP contribution in [-0.2, 0) is 16.6 Å². The fourth-order valence-corrected chi connectivity index (χ4v) is 4.22. The Kier molecular flexibility index (Phi) is 7.92. The van der Waals surface area contributed by atoms with E-state index < -0.39 is 10.0 Å². The topological polar surface area (TPSA) is 73.8 Å². The molecular weight excluding hydrogens is 423 g/mol. The van der Waals surface area contributed by atoms with Crippen molar-refractivity contribution < 1.29 is 8.42 Å². The lowest BCUT2D eigenvalue weighted by atomic mass is 10.4. The highest BCUT2D eigenvalue weighted by molar-refractivity contribution is 14.0. The highest BCUT2D eigenvalue weighted by atomic mass is 127. The Bertz CT molecular complexity index is 546. The van der Waals surface area contributed by atoms with Crippen molar-refractivity contribution in [3.8, 4) is 0 Å². The highest BCUT2D eigenvalue weighted by Gasteiger charge is 2.27. The molecule has 1 saturated heterocycles. The van der Waals surface area contributed by atoms with E-state index in [2.05, 4.69) is 21.7 Å². The first-order valence-electron chi connectivity index (χ1n) is 6.56. The predicted molar refractivity (Wildman–Crippen MR) is 97.9 cm³/mol. The van der Waals surface area contributed by atoms with Gasteiger partial charge in [0.15, 0.2) is 5.96 Å². The second kappa shape index (κ2) is 8.91. The maximum absolute atomic E-state index is 11.6. The number of hydrogen-bond donors (Lipinski definition) is 2. The van der Waals surface area contributed by atoms with Crippen LogP contribution in [0.3, 0.4) is 0 Å². The number of nitrogens with one attached hydrogen (secondary N) is 2. The maximum atomic E-state index is 11.6. The van der Waals surface area contributed by atoms with Crippen LogP contribution >= 0.6 is 35.3 Å². The minimum atomic E-state index is -3.00. The molecule has 2 rings (SSSR count). The van der Waals surface area contributed by atoms with Gasteiger partial charge in [0.25, 0.3) is 0 Å². The summed E-state index contributed by atoms with van der Waals surface area (Å²) in [5.74, 6) is 0.966. The Morgan fingerprint density at radius 3 is 2.86 bits per heavy atom. The minimum Gasteiger partial charge on any atom is -0.355 e. The monoisotopic (exact) mass is 444 g/mol. The fourth-order valence-electron chi connectivity index (χ4n) is 2.05. The van der Waals surface area contributed by atoms with Gasteiger partial charge in [0, 0.05) is 31.6 Å². The van der Waals surface area contributed by atoms with Gasteiger partial charge in [-0.05, 0) is 17.9 Å². The average Bonchev–Trinajstić information content (AvgIpc) is 3.03. The van der Waals surface area contributed by atoms with Crippen LogP contribution in [0.1, 0.15) is 11.3 Å². The van der Waals surface area contributed by atoms with Gasteiger partial charge in [-0.25, -0.2) is 12.7 Å². The smallest absolute Gasteiger partial charge is 0.214 e. The molecule has 120 valence electrons. The molecule has 2 N–H and O–H groups in total. The van der Waals surface area contributed by atoms with Gasteiger partial charge in [-0.2, -0.15) is 0 Å². The van der Waals surface area contributed by atoms with Crippen LogP contribution in [0, 0.1) is 0 Å². The summed E-state index contributed by atoms with van der Waals surface area (Å²) in [6.07, 6.45) is 0.730. The van der Waals surface area contributed by atoms with Crippen molar-refractivity contribution in [1.82, 2.24) is 14.9 Å². The Hall–Kier alpha value is -0.390. The molecule has 1 aliphatic rings. The van der Waals surface area contributed by atoms with Crippen molar-refractivity contribution in [2.75, 3.05) is 32.4 Å². The van der Waals surface area contributed by atoms with Crippen LogP contribution in [-0.4, -0.2) is 51.1 Å². The van der Waals surface area contributed by atoms with Gasteiger partial charge in [-0.3, -0.25) is 4.99 Å². The molecule has 21 heavy (non-hydrogen) atoms. The molecule has 0 bridgehead atoms. The quantitative estimate of drug-likeness (QED) is 0.405. The molecule has 0 spiro atoms. The van der Waals surface area contributed by atoms with Crippen LogP contribution in [0.4, 0.5) is 0 Å². The SMILES string of the molecule is CN=C(NCCN1CCCS1(=O)=O)NCc1cccs1.I. The molecule has 0 aliphatic carbocycles. The molecule has 1 aromatic heterocycles. The first kappa shape index (κ1) is 18.7. The first-order chi connectivity index (χ1) is 9.62. The predicted octanol–water partition coefficient (Wildman–Crippen LogP) is 1.07. The number of nitrogens with zero attached hydrogens (tertiary/aromatic N) is 2. The van der Waals surface area contributed by atoms with Gasteiger partial charge >= 0.3 is 0 Å². The first-order valence-corrected chi connectivity index (χ1v) is 9.05. The number of halogens is 1. The van der Waals surface area contributed by atoms with Crippen molar-refractivity contribution in [1.29, 1.82) is 0 Å². The number of hydrogen-bond acceptors (Lipinski definition) is 4. The van der Waals surface area contributed by atoms with Crippen molar-refractivity contribution >= 4 is 51.3 Å². The Balaban J connectivity index is 0.00000220. The highest BCUT2D eigenvalue weighted by Crippen LogP contribution is 2.11. The van der Waals surface area contributed by atoms with Crippen molar-refractivity contribution in [2.45, 2.75) is 13.0 Å². The molecule has 6 nitrogen and oxygen atoms in total. The van der Waals surface area contributed by atoms with E-state index in [4.69, 9.17) is 0 Å². The molecule has 1 fully saturated rings. The zero-order valence-corrected chi connectivity index (χ0v) is 15.9. The van der Waals surface area contributed by atoms with Crippen molar-refractivity contribution in [3.05, 3.63) is 22.4 Å². The normalized spacial score (nSPS) is 18.2. The third kappa shape index (κ3) is 5.72. The van der Waals surface area contributed by atoms with Gasteiger partial charge in [-0.15, -0.1) is 35.3 Å². The molecule has 0 amide bonds. The second-order valence-electron chi connectivity index (χ2n) is 4.50. The number of sulfonamides is 1. The molecule has 1 aliphatic heterocycles. The number of guanidine groups is 1. The van der Waals surface area contributed by atoms with E-state index in [-0.39, 0.29) is 29.7 Å². The van der Waals surface area contributed by atoms with Crippen LogP contribution in [0.25, 0.3) is 0 Å².